The Bertz CT molecular complexity index is 580. The highest BCUT2D eigenvalue weighted by atomic mass is 32.2. The number of hydrogen-bond donors (Lipinski definition) is 2. The van der Waals surface area contributed by atoms with Gasteiger partial charge in [-0.15, -0.1) is 0 Å². The molecular weight excluding hydrogens is 288 g/mol. The molecule has 120 valence electrons. The normalized spacial score (nSPS) is 27.0. The van der Waals surface area contributed by atoms with Gasteiger partial charge in [-0.25, -0.2) is 13.1 Å². The molecule has 2 rings (SSSR count). The second kappa shape index (κ2) is 6.50. The first-order valence-electron chi connectivity index (χ1n) is 7.59. The van der Waals surface area contributed by atoms with Crippen LogP contribution in [-0.2, 0) is 16.6 Å². The van der Waals surface area contributed by atoms with Crippen molar-refractivity contribution in [1.29, 1.82) is 0 Å². The fraction of sp³-hybridized carbons (Fsp3) is 0.733. The van der Waals surface area contributed by atoms with Crippen molar-refractivity contribution in [3.05, 3.63) is 17.6 Å². The van der Waals surface area contributed by atoms with Gasteiger partial charge in [0.2, 0.25) is 10.0 Å². The Morgan fingerprint density at radius 3 is 2.67 bits per heavy atom. The monoisotopic (exact) mass is 314 g/mol. The predicted molar refractivity (Wildman–Crippen MR) is 82.5 cm³/mol. The number of rotatable bonds is 5. The molecule has 6 heteroatoms. The third-order valence-corrected chi connectivity index (χ3v) is 5.90. The summed E-state index contributed by atoms with van der Waals surface area (Å²) >= 11 is 0. The Kier molecular flexibility index (Phi) is 5.11. The van der Waals surface area contributed by atoms with Crippen LogP contribution in [0.15, 0.2) is 15.4 Å². The van der Waals surface area contributed by atoms with E-state index in [0.717, 1.165) is 19.3 Å². The highest BCUT2D eigenvalue weighted by Gasteiger charge is 2.31. The average molecular weight is 314 g/mol. The predicted octanol–water partition coefficient (Wildman–Crippen LogP) is 2.41. The summed E-state index contributed by atoms with van der Waals surface area (Å²) in [4.78, 5) is 0.263. The second-order valence-electron chi connectivity index (χ2n) is 6.29. The fourth-order valence-corrected chi connectivity index (χ4v) is 4.74. The maximum absolute atomic E-state index is 12.6. The summed E-state index contributed by atoms with van der Waals surface area (Å²) in [5.41, 5.74) is 0. The van der Waals surface area contributed by atoms with E-state index in [1.54, 1.807) is 20.0 Å². The number of hydrogen-bond acceptors (Lipinski definition) is 4. The number of aryl methyl sites for hydroxylation is 1. The first-order valence-corrected chi connectivity index (χ1v) is 9.08. The van der Waals surface area contributed by atoms with E-state index in [1.165, 1.54) is 0 Å². The largest absolute Gasteiger partial charge is 0.464 e. The zero-order chi connectivity index (χ0) is 15.6. The van der Waals surface area contributed by atoms with Crippen molar-refractivity contribution in [2.24, 2.45) is 11.8 Å². The number of sulfonamides is 1. The van der Waals surface area contributed by atoms with Crippen molar-refractivity contribution in [3.63, 3.8) is 0 Å². The summed E-state index contributed by atoms with van der Waals surface area (Å²) in [6.07, 6.45) is 3.05. The second-order valence-corrected chi connectivity index (χ2v) is 7.97. The third kappa shape index (κ3) is 3.87. The SMILES string of the molecule is CNCc1cc(S(=O)(=O)NC2CCC(C)CC2C)c(C)o1. The van der Waals surface area contributed by atoms with E-state index in [2.05, 4.69) is 23.9 Å². The van der Waals surface area contributed by atoms with Gasteiger partial charge in [-0.05, 0) is 45.1 Å². The van der Waals surface area contributed by atoms with Crippen LogP contribution in [0, 0.1) is 18.8 Å². The first kappa shape index (κ1) is 16.5. The molecule has 2 N–H and O–H groups in total. The molecule has 3 atom stereocenters. The van der Waals surface area contributed by atoms with Crippen molar-refractivity contribution in [2.45, 2.75) is 57.5 Å². The molecule has 0 amide bonds. The molecule has 1 saturated carbocycles. The highest BCUT2D eigenvalue weighted by molar-refractivity contribution is 7.89. The van der Waals surface area contributed by atoms with E-state index in [1.807, 2.05) is 0 Å². The summed E-state index contributed by atoms with van der Waals surface area (Å²) in [6.45, 7) is 6.57. The Hall–Kier alpha value is -0.850. The number of nitrogens with one attached hydrogen (secondary N) is 2. The lowest BCUT2D eigenvalue weighted by molar-refractivity contribution is 0.249. The lowest BCUT2D eigenvalue weighted by Crippen LogP contribution is -2.42. The maximum atomic E-state index is 12.6. The summed E-state index contributed by atoms with van der Waals surface area (Å²) in [5, 5.41) is 2.96. The van der Waals surface area contributed by atoms with Crippen LogP contribution in [0.4, 0.5) is 0 Å². The van der Waals surface area contributed by atoms with Gasteiger partial charge in [0.1, 0.15) is 16.4 Å². The fourth-order valence-electron chi connectivity index (χ4n) is 3.16. The molecule has 1 aromatic rings. The van der Waals surface area contributed by atoms with E-state index in [0.29, 0.717) is 29.9 Å². The summed E-state index contributed by atoms with van der Waals surface area (Å²) < 4.78 is 33.5. The van der Waals surface area contributed by atoms with Gasteiger partial charge < -0.3 is 9.73 Å². The van der Waals surface area contributed by atoms with Crippen LogP contribution in [0.25, 0.3) is 0 Å². The molecule has 3 unspecified atom stereocenters. The Balaban J connectivity index is 2.15. The molecule has 5 nitrogen and oxygen atoms in total. The van der Waals surface area contributed by atoms with Crippen LogP contribution in [0.1, 0.15) is 44.6 Å². The maximum Gasteiger partial charge on any atom is 0.244 e. The van der Waals surface area contributed by atoms with Gasteiger partial charge in [0.15, 0.2) is 0 Å². The minimum absolute atomic E-state index is 0.0215. The van der Waals surface area contributed by atoms with Crippen molar-refractivity contribution in [2.75, 3.05) is 7.05 Å². The molecule has 0 aromatic carbocycles. The van der Waals surface area contributed by atoms with Gasteiger partial charge in [-0.1, -0.05) is 13.8 Å². The zero-order valence-electron chi connectivity index (χ0n) is 13.3. The van der Waals surface area contributed by atoms with E-state index >= 15 is 0 Å². The molecule has 21 heavy (non-hydrogen) atoms. The standard InChI is InChI=1S/C15H26N2O3S/c1-10-5-6-14(11(2)7-10)17-21(18,19)15-8-13(9-16-4)20-12(15)3/h8,10-11,14,16-17H,5-7,9H2,1-4H3. The van der Waals surface area contributed by atoms with Crippen LogP contribution in [0.5, 0.6) is 0 Å². The van der Waals surface area contributed by atoms with E-state index in [9.17, 15) is 8.42 Å². The highest BCUT2D eigenvalue weighted by Crippen LogP contribution is 2.30. The summed E-state index contributed by atoms with van der Waals surface area (Å²) in [6, 6.07) is 1.64. The van der Waals surface area contributed by atoms with Gasteiger partial charge in [0.05, 0.1) is 6.54 Å². The van der Waals surface area contributed by atoms with Crippen molar-refractivity contribution < 1.29 is 12.8 Å². The van der Waals surface area contributed by atoms with E-state index < -0.39 is 10.0 Å². The molecule has 1 heterocycles. The lowest BCUT2D eigenvalue weighted by Gasteiger charge is -2.32. The van der Waals surface area contributed by atoms with Crippen molar-refractivity contribution >= 4 is 10.0 Å². The molecule has 0 saturated heterocycles. The minimum Gasteiger partial charge on any atom is -0.464 e. The Morgan fingerprint density at radius 2 is 2.05 bits per heavy atom. The van der Waals surface area contributed by atoms with Crippen molar-refractivity contribution in [3.8, 4) is 0 Å². The molecule has 1 aliphatic rings. The lowest BCUT2D eigenvalue weighted by atomic mass is 9.80. The molecule has 0 radical (unpaired) electrons. The molecule has 1 fully saturated rings. The first-order chi connectivity index (χ1) is 9.83. The quantitative estimate of drug-likeness (QED) is 0.875. The molecule has 1 aliphatic carbocycles. The van der Waals surface area contributed by atoms with Gasteiger partial charge in [0.25, 0.3) is 0 Å². The van der Waals surface area contributed by atoms with Crippen LogP contribution in [0.3, 0.4) is 0 Å². The number of furan rings is 1. The van der Waals surface area contributed by atoms with E-state index in [-0.39, 0.29) is 10.9 Å². The van der Waals surface area contributed by atoms with E-state index in [4.69, 9.17) is 4.42 Å². The van der Waals surface area contributed by atoms with Gasteiger partial charge in [-0.2, -0.15) is 0 Å². The molecule has 0 aliphatic heterocycles. The molecule has 0 spiro atoms. The molecule has 0 bridgehead atoms. The zero-order valence-corrected chi connectivity index (χ0v) is 14.1. The third-order valence-electron chi connectivity index (χ3n) is 4.30. The Labute approximate surface area is 127 Å². The van der Waals surface area contributed by atoms with Crippen LogP contribution >= 0.6 is 0 Å². The molecule has 1 aromatic heterocycles. The van der Waals surface area contributed by atoms with Crippen LogP contribution < -0.4 is 10.0 Å². The van der Waals surface area contributed by atoms with Gasteiger partial charge in [0, 0.05) is 12.1 Å². The van der Waals surface area contributed by atoms with Crippen LogP contribution in [0.2, 0.25) is 0 Å². The topological polar surface area (TPSA) is 71.3 Å². The molecular formula is C15H26N2O3S. The smallest absolute Gasteiger partial charge is 0.244 e. The average Bonchev–Trinajstić information content (AvgIpc) is 2.75. The van der Waals surface area contributed by atoms with Crippen molar-refractivity contribution in [1.82, 2.24) is 10.0 Å². The van der Waals surface area contributed by atoms with Crippen LogP contribution in [-0.4, -0.2) is 21.5 Å². The minimum atomic E-state index is -3.51. The summed E-state index contributed by atoms with van der Waals surface area (Å²) in [7, 11) is -1.71. The van der Waals surface area contributed by atoms with Gasteiger partial charge in [-0.3, -0.25) is 0 Å². The Morgan fingerprint density at radius 1 is 1.33 bits per heavy atom. The summed E-state index contributed by atoms with van der Waals surface area (Å²) in [5.74, 6) is 2.14. The van der Waals surface area contributed by atoms with Gasteiger partial charge >= 0.3 is 0 Å².